The van der Waals surface area contributed by atoms with E-state index in [4.69, 9.17) is 9.72 Å². The van der Waals surface area contributed by atoms with Gasteiger partial charge in [0.2, 0.25) is 5.91 Å². The summed E-state index contributed by atoms with van der Waals surface area (Å²) in [5, 5.41) is 10.2. The van der Waals surface area contributed by atoms with Crippen molar-refractivity contribution < 1.29 is 18.5 Å². The van der Waals surface area contributed by atoms with Crippen LogP contribution in [0, 0.1) is 11.7 Å². The van der Waals surface area contributed by atoms with Crippen molar-refractivity contribution in [1.82, 2.24) is 29.4 Å². The van der Waals surface area contributed by atoms with E-state index in [9.17, 15) is 13.7 Å². The average Bonchev–Trinajstić information content (AvgIpc) is 3.60. The number of aromatic amines is 2. The molecule has 1 unspecified atom stereocenters. The zero-order valence-corrected chi connectivity index (χ0v) is 22.2. The molecule has 4 heterocycles. The van der Waals surface area contributed by atoms with Crippen LogP contribution in [-0.2, 0) is 27.4 Å². The maximum atomic E-state index is 13.2. The predicted octanol–water partition coefficient (Wildman–Crippen LogP) is 3.30. The minimum Gasteiger partial charge on any atom is -0.593 e. The van der Waals surface area contributed by atoms with Crippen molar-refractivity contribution in [2.24, 2.45) is 5.92 Å². The number of hydrogen-bond acceptors (Lipinski definition) is 7. The summed E-state index contributed by atoms with van der Waals surface area (Å²) in [4.78, 5) is 24.1. The minimum atomic E-state index is -1.38. The Morgan fingerprint density at radius 1 is 1.13 bits per heavy atom. The van der Waals surface area contributed by atoms with E-state index in [0.717, 1.165) is 43.9 Å². The lowest BCUT2D eigenvalue weighted by molar-refractivity contribution is -0.120. The van der Waals surface area contributed by atoms with Crippen molar-refractivity contribution in [3.05, 3.63) is 60.0 Å². The van der Waals surface area contributed by atoms with Crippen LogP contribution in [0.15, 0.2) is 53.6 Å². The Bertz CT molecular complexity index is 1430. The molecule has 2 aliphatic heterocycles. The molecule has 3 N–H and O–H groups in total. The third-order valence-electron chi connectivity index (χ3n) is 7.25. The highest BCUT2D eigenvalue weighted by Gasteiger charge is 2.32. The molecule has 2 aliphatic rings. The van der Waals surface area contributed by atoms with E-state index >= 15 is 0 Å². The van der Waals surface area contributed by atoms with Crippen LogP contribution in [0.2, 0.25) is 0 Å². The molecule has 0 saturated carbocycles. The largest absolute Gasteiger partial charge is 0.593 e. The lowest BCUT2D eigenvalue weighted by Gasteiger charge is -2.30. The number of carbonyl (C=O) groups excluding carboxylic acids is 1. The zero-order chi connectivity index (χ0) is 26.8. The molecular weight excluding hydrogens is 521 g/mol. The topological polar surface area (TPSA) is 125 Å². The second kappa shape index (κ2) is 11.4. The van der Waals surface area contributed by atoms with E-state index in [2.05, 4.69) is 37.5 Å². The number of nitrogens with zero attached hydrogens (tertiary/aromatic N) is 4. The first-order chi connectivity index (χ1) is 19.0. The number of halogens is 1. The molecule has 0 aliphatic carbocycles. The number of hydrogen-bond donors (Lipinski definition) is 3. The van der Waals surface area contributed by atoms with Gasteiger partial charge in [-0.2, -0.15) is 5.10 Å². The van der Waals surface area contributed by atoms with Gasteiger partial charge in [0.1, 0.15) is 5.82 Å². The van der Waals surface area contributed by atoms with Gasteiger partial charge in [-0.15, -0.1) is 4.31 Å². The molecule has 1 amide bonds. The van der Waals surface area contributed by atoms with Crippen LogP contribution in [0.1, 0.15) is 18.4 Å². The minimum absolute atomic E-state index is 0.103. The molecule has 6 rings (SSSR count). The lowest BCUT2D eigenvalue weighted by Crippen LogP contribution is -2.41. The number of ether oxygens (including phenoxy) is 1. The highest BCUT2D eigenvalue weighted by atomic mass is 32.2. The number of aromatic nitrogens is 4. The summed E-state index contributed by atoms with van der Waals surface area (Å²) in [5.41, 5.74) is 4.04. The van der Waals surface area contributed by atoms with Crippen LogP contribution in [-0.4, -0.2) is 79.2 Å². The molecule has 0 bridgehead atoms. The van der Waals surface area contributed by atoms with Crippen LogP contribution in [0.25, 0.3) is 22.6 Å². The molecular formula is C27H30FN7O3S. The van der Waals surface area contributed by atoms with Crippen LogP contribution < -0.4 is 5.32 Å². The van der Waals surface area contributed by atoms with Gasteiger partial charge in [0.05, 0.1) is 41.3 Å². The van der Waals surface area contributed by atoms with Crippen LogP contribution in [0.5, 0.6) is 0 Å². The molecule has 0 spiro atoms. The van der Waals surface area contributed by atoms with Crippen molar-refractivity contribution in [1.29, 1.82) is 0 Å². The van der Waals surface area contributed by atoms with Gasteiger partial charge >= 0.3 is 0 Å². The standard InChI is InChI=1S/C27H30FN7O3S/c28-20-2-4-21(5-3-20)39(37)35-9-7-19(8-10-35)27(36)32-24-16-29-33-25(24)26-30-22-6-1-18(15-23(22)31-26)17-34-11-13-38-14-12-34/h1-6,15-16,19H,7-14,17H2,(H,29,33)(H,30,31)(H,32,36). The van der Waals surface area contributed by atoms with Gasteiger partial charge < -0.3 is 19.6 Å². The Morgan fingerprint density at radius 2 is 1.90 bits per heavy atom. The number of H-pyrrole nitrogens is 2. The molecule has 2 fully saturated rings. The van der Waals surface area contributed by atoms with E-state index in [1.165, 1.54) is 29.8 Å². The molecule has 4 aromatic rings. The molecule has 0 radical (unpaired) electrons. The van der Waals surface area contributed by atoms with Crippen LogP contribution >= 0.6 is 0 Å². The molecule has 2 aromatic carbocycles. The second-order valence-corrected chi connectivity index (χ2v) is 11.4. The number of nitrogens with one attached hydrogen (secondary N) is 3. The van der Waals surface area contributed by atoms with E-state index < -0.39 is 11.4 Å². The van der Waals surface area contributed by atoms with E-state index in [1.807, 2.05) is 10.4 Å². The van der Waals surface area contributed by atoms with Gasteiger partial charge in [-0.25, -0.2) is 9.37 Å². The van der Waals surface area contributed by atoms with Crippen LogP contribution in [0.3, 0.4) is 0 Å². The second-order valence-electron chi connectivity index (χ2n) is 9.87. The summed E-state index contributed by atoms with van der Waals surface area (Å²) in [6, 6.07) is 11.9. The fourth-order valence-electron chi connectivity index (χ4n) is 5.06. The summed E-state index contributed by atoms with van der Waals surface area (Å²) in [7, 11) is 0. The van der Waals surface area contributed by atoms with Crippen molar-refractivity contribution >= 4 is 34.0 Å². The summed E-state index contributed by atoms with van der Waals surface area (Å²) < 4.78 is 33.3. The molecule has 2 saturated heterocycles. The Balaban J connectivity index is 1.09. The Kier molecular flexibility index (Phi) is 7.62. The summed E-state index contributed by atoms with van der Waals surface area (Å²) in [5.74, 6) is -0.100. The quantitative estimate of drug-likeness (QED) is 0.301. The number of imidazole rings is 1. The fraction of sp³-hybridized carbons (Fsp3) is 0.370. The first kappa shape index (κ1) is 26.0. The van der Waals surface area contributed by atoms with Crippen molar-refractivity contribution in [3.63, 3.8) is 0 Å². The predicted molar refractivity (Wildman–Crippen MR) is 146 cm³/mol. The number of fused-ring (bicyclic) bond motifs is 1. The highest BCUT2D eigenvalue weighted by molar-refractivity contribution is 7.89. The van der Waals surface area contributed by atoms with E-state index in [1.54, 1.807) is 6.20 Å². The maximum Gasteiger partial charge on any atom is 0.227 e. The number of morpholine rings is 1. The Morgan fingerprint density at radius 3 is 2.67 bits per heavy atom. The van der Waals surface area contributed by atoms with Gasteiger partial charge in [-0.3, -0.25) is 14.8 Å². The number of anilines is 1. The first-order valence-electron chi connectivity index (χ1n) is 13.1. The third-order valence-corrected chi connectivity index (χ3v) is 8.76. The Hall–Kier alpha value is -3.29. The van der Waals surface area contributed by atoms with E-state index in [0.29, 0.717) is 48.0 Å². The number of piperidine rings is 1. The Labute approximate surface area is 228 Å². The normalized spacial score (nSPS) is 18.4. The molecule has 10 nitrogen and oxygen atoms in total. The number of amides is 1. The first-order valence-corrected chi connectivity index (χ1v) is 14.2. The summed E-state index contributed by atoms with van der Waals surface area (Å²) in [6.07, 6.45) is 2.80. The molecule has 1 atom stereocenters. The lowest BCUT2D eigenvalue weighted by atomic mass is 9.97. The average molecular weight is 552 g/mol. The SMILES string of the molecule is O=C(Nc1c[nH]nc1-c1nc2cc(CN3CCOCC3)ccc2[nH]1)C1CCN([S+]([O-])c2ccc(F)cc2)CC1. The van der Waals surface area contributed by atoms with E-state index in [-0.39, 0.29) is 17.6 Å². The molecule has 39 heavy (non-hydrogen) atoms. The summed E-state index contributed by atoms with van der Waals surface area (Å²) >= 11 is -1.38. The zero-order valence-electron chi connectivity index (χ0n) is 21.4. The smallest absolute Gasteiger partial charge is 0.227 e. The number of rotatable bonds is 7. The highest BCUT2D eigenvalue weighted by Crippen LogP contribution is 2.29. The monoisotopic (exact) mass is 551 g/mol. The molecule has 204 valence electrons. The van der Waals surface area contributed by atoms with Crippen molar-refractivity contribution in [3.8, 4) is 11.5 Å². The van der Waals surface area contributed by atoms with Gasteiger partial charge in [0.25, 0.3) is 0 Å². The van der Waals surface area contributed by atoms with Crippen molar-refractivity contribution in [2.45, 2.75) is 24.3 Å². The van der Waals surface area contributed by atoms with Crippen LogP contribution in [0.4, 0.5) is 10.1 Å². The van der Waals surface area contributed by atoms with Gasteiger partial charge in [-0.1, -0.05) is 6.07 Å². The number of benzene rings is 2. The maximum absolute atomic E-state index is 13.2. The van der Waals surface area contributed by atoms with Crippen molar-refractivity contribution in [2.75, 3.05) is 44.7 Å². The van der Waals surface area contributed by atoms with Gasteiger partial charge in [-0.05, 0) is 54.8 Å². The van der Waals surface area contributed by atoms with Gasteiger partial charge in [0, 0.05) is 44.8 Å². The van der Waals surface area contributed by atoms with Gasteiger partial charge in [0.15, 0.2) is 16.4 Å². The third kappa shape index (κ3) is 5.85. The fourth-order valence-corrected chi connectivity index (χ4v) is 6.27. The molecule has 2 aromatic heterocycles. The summed E-state index contributed by atoms with van der Waals surface area (Å²) in [6.45, 7) is 5.24. The molecule has 12 heteroatoms. The number of carbonyl (C=O) groups is 1.